The highest BCUT2D eigenvalue weighted by Crippen LogP contribution is 2.54. The minimum Gasteiger partial charge on any atom is -0.565 e. The molecular weight excluding hydrogens is 1680 g/mol. The number of fused-ring (bicyclic) bond motifs is 5. The van der Waals surface area contributed by atoms with Crippen molar-refractivity contribution in [3.05, 3.63) is 433 Å². The van der Waals surface area contributed by atoms with Crippen molar-refractivity contribution in [1.82, 2.24) is 0 Å². The number of carbonyl (C=O) groups excluding carboxylic acids is 4. The first-order valence-electron chi connectivity index (χ1n) is 39.1. The van der Waals surface area contributed by atoms with Gasteiger partial charge in [0.1, 0.15) is 46.2 Å². The standard InChI is InChI=1S/C20H20P.C12H8BO2.C11H7BO2.C9H5BO6.C7H4BO3.C7H5BO2.C7H9P.C6H5BO2.3C6H7P.C2H6/c1-2-21(18-12-6-3-7-13-18,19-14-8-4-9-15-19)20-16-10-5-11-17-20;1-3-7-11-9(5-1)10-6-2-4-8-12(10)15-13-14-11;12-14-11(13)10-7-3-5-8-4-1-2-6-9(8)10;10-16-9(15)4-1-2-5(7(11)12)6(3-4)8(13)14;9-7-5-3-1-2-4-6(5)10-8-11-7;8-10-7(9)6-4-2-1-3-5-6;1-6-2-4-7(8)5-3-6;7-9-6-4-2-1-3-5(6)8;3*7-6-4-2-1-3-5-6;1-2/h3-17H,2H2,1H3;1-8H;1-7H;1-3H,(H,11,12)(H,13,14);1-4H;1-5H;2-5H,8H2,1H3;1-4,8H;3*1-5H,7H2;1-2H3/q+1;;;;;;;;;;;. The Kier molecular flexibility index (Phi) is 47.1. The monoisotopic (exact) mass is 1770 g/mol. The normalized spacial score (nSPS) is 10.2. The molecule has 10 radical (unpaired) electrons. The molecule has 17 nitrogen and oxygen atoms in total. The smallest absolute Gasteiger partial charge is 0.565 e. The summed E-state index contributed by atoms with van der Waals surface area (Å²) in [6.45, 7) is 8.41. The van der Waals surface area contributed by atoms with Gasteiger partial charge in [-0.25, -0.2) is 28.8 Å². The van der Waals surface area contributed by atoms with Crippen molar-refractivity contribution in [1.29, 1.82) is 0 Å². The first-order chi connectivity index (χ1) is 61.7. The summed E-state index contributed by atoms with van der Waals surface area (Å²) in [4.78, 5) is 65.3. The van der Waals surface area contributed by atoms with Gasteiger partial charge in [-0.15, -0.1) is 37.0 Å². The largest absolute Gasteiger partial charge is 0.660 e. The maximum atomic E-state index is 11.3. The molecule has 2 aliphatic heterocycles. The summed E-state index contributed by atoms with van der Waals surface area (Å²) in [5.74, 6) is -2.66. The predicted octanol–water partition coefficient (Wildman–Crippen LogP) is 17.7. The van der Waals surface area contributed by atoms with Crippen molar-refractivity contribution in [2.75, 3.05) is 6.16 Å². The molecule has 0 fully saturated rings. The zero-order chi connectivity index (χ0) is 92.0. The molecule has 15 aromatic carbocycles. The Morgan fingerprint density at radius 1 is 0.354 bits per heavy atom. The molecule has 2 aliphatic rings. The van der Waals surface area contributed by atoms with Gasteiger partial charge in [0, 0.05) is 11.1 Å². The van der Waals surface area contributed by atoms with Gasteiger partial charge >= 0.3 is 83.4 Å². The van der Waals surface area contributed by atoms with Gasteiger partial charge in [0.2, 0.25) is 0 Å². The van der Waals surface area contributed by atoms with Crippen LogP contribution in [0.5, 0.6) is 28.7 Å². The van der Waals surface area contributed by atoms with Crippen molar-refractivity contribution in [2.24, 2.45) is 0 Å². The van der Waals surface area contributed by atoms with Gasteiger partial charge in [0.05, 0.1) is 39.5 Å². The number of phenolic OH excluding ortho intramolecular Hbond substituents is 1. The lowest BCUT2D eigenvalue weighted by Gasteiger charge is -2.26. The van der Waals surface area contributed by atoms with E-state index in [1.807, 2.05) is 190 Å². The van der Waals surface area contributed by atoms with E-state index in [4.69, 9.17) is 45.4 Å². The van der Waals surface area contributed by atoms with Crippen LogP contribution >= 0.6 is 44.2 Å². The van der Waals surface area contributed by atoms with Gasteiger partial charge in [-0.2, -0.15) is 0 Å². The molecule has 3 N–H and O–H groups in total. The molecule has 0 aromatic heterocycles. The zero-order valence-electron chi connectivity index (χ0n) is 70.0. The van der Waals surface area contributed by atoms with Crippen molar-refractivity contribution >= 4 is 176 Å². The van der Waals surface area contributed by atoms with Crippen LogP contribution in [-0.4, -0.2) is 105 Å². The molecule has 2 heterocycles. The summed E-state index contributed by atoms with van der Waals surface area (Å²) in [7, 11) is 30.3. The maximum absolute atomic E-state index is 11.3. The van der Waals surface area contributed by atoms with Crippen LogP contribution in [0.2, 0.25) is 0 Å². The highest BCUT2D eigenvalue weighted by Gasteiger charge is 2.43. The minimum atomic E-state index is -1.53. The molecule has 0 saturated heterocycles. The SMILES string of the molecule is CC.CC[P+](c1ccccc1)(c1ccccc1)c1ccccc1.Cc1ccc(P)cc1.O=C1O[B]Oc2ccccc21.Pc1ccccc1.Pc1ccccc1.Pc1ccccc1.[B]1Oc2ccccc2-c2ccccc2O1.[B]OC(=O)c1ccc(C(=O)O)c(C(=O)O)c1.[B]OC(=O)c1cccc2ccccc12.[B]OC(=O)c1ccccc1.[B]Oc1ccccc1O. The average molecular weight is 1770 g/mol. The second kappa shape index (κ2) is 58.2. The second-order valence-corrected chi connectivity index (χ2v) is 32.2. The van der Waals surface area contributed by atoms with Crippen LogP contribution in [-0.2, 0) is 18.6 Å². The number of rotatable bonds is 10. The van der Waals surface area contributed by atoms with Crippen LogP contribution in [0.4, 0.5) is 0 Å². The Labute approximate surface area is 758 Å². The number of aryl methyl sites for hydroxylation is 1. The van der Waals surface area contributed by atoms with Gasteiger partial charge < -0.3 is 52.6 Å². The zero-order valence-corrected chi connectivity index (χ0v) is 75.5. The highest BCUT2D eigenvalue weighted by molar-refractivity contribution is 7.95. The van der Waals surface area contributed by atoms with E-state index in [2.05, 4.69) is 205 Å². The molecule has 4 atom stereocenters. The third-order valence-corrected chi connectivity index (χ3v) is 23.5. The molecule has 0 aliphatic carbocycles. The molecule has 28 heteroatoms. The average Bonchev–Trinajstić information content (AvgIpc) is 0.911. The molecule has 0 bridgehead atoms. The minimum absolute atomic E-state index is 0.0556. The fourth-order valence-electron chi connectivity index (χ4n) is 11.4. The summed E-state index contributed by atoms with van der Waals surface area (Å²) in [5, 5.41) is 37.5. The topological polar surface area (TPSA) is 237 Å². The van der Waals surface area contributed by atoms with Gasteiger partial charge in [-0.1, -0.05) is 305 Å². The lowest BCUT2D eigenvalue weighted by Crippen LogP contribution is -2.32. The number of para-hydroxylation sites is 5. The summed E-state index contributed by atoms with van der Waals surface area (Å²) in [5.41, 5.74) is 3.80. The molecule has 0 saturated carbocycles. The lowest BCUT2D eigenvalue weighted by molar-refractivity contribution is 0.0650. The second-order valence-electron chi connectivity index (χ2n) is 25.8. The number of hydrogen-bond donors (Lipinski definition) is 3. The number of hydrogen-bond acceptors (Lipinski definition) is 15. The van der Waals surface area contributed by atoms with Gasteiger partial charge in [-0.05, 0) is 155 Å². The highest BCUT2D eigenvalue weighted by atomic mass is 31.2. The number of benzene rings is 15. The number of phenols is 1. The third-order valence-electron chi connectivity index (χ3n) is 17.4. The Hall–Kier alpha value is -13.1. The van der Waals surface area contributed by atoms with Crippen molar-refractivity contribution < 1.29 is 81.3 Å². The molecule has 630 valence electrons. The van der Waals surface area contributed by atoms with E-state index in [9.17, 15) is 28.8 Å². The predicted molar refractivity (Wildman–Crippen MR) is 531 cm³/mol. The van der Waals surface area contributed by atoms with Crippen LogP contribution in [0.1, 0.15) is 88.5 Å². The first kappa shape index (κ1) is 103. The Bertz CT molecular complexity index is 5540. The summed E-state index contributed by atoms with van der Waals surface area (Å²) in [6, 6.07) is 126. The molecule has 0 amide bonds. The number of carbonyl (C=O) groups is 6. The Morgan fingerprint density at radius 3 is 1.08 bits per heavy atom. The fourth-order valence-corrected chi connectivity index (χ4v) is 16.3. The first-order valence-corrected chi connectivity index (χ1v) is 43.4. The summed E-state index contributed by atoms with van der Waals surface area (Å²) in [6.07, 6.45) is 1.14. The molecule has 4 unspecified atom stereocenters. The van der Waals surface area contributed by atoms with E-state index in [0.717, 1.165) is 65.4 Å². The summed E-state index contributed by atoms with van der Waals surface area (Å²) >= 11 is 0. The van der Waals surface area contributed by atoms with E-state index >= 15 is 0 Å². The number of carboxylic acids is 2. The molecule has 17 rings (SSSR count). The Balaban J connectivity index is 0.000000219. The molecule has 15 aromatic rings. The quantitative estimate of drug-likeness (QED) is 0.0852. The van der Waals surface area contributed by atoms with Crippen LogP contribution < -0.4 is 55.7 Å². The van der Waals surface area contributed by atoms with Crippen LogP contribution in [0.15, 0.2) is 394 Å². The van der Waals surface area contributed by atoms with Gasteiger partial charge in [0.15, 0.2) is 5.75 Å². The van der Waals surface area contributed by atoms with Gasteiger partial charge in [0.25, 0.3) is 0 Å². The van der Waals surface area contributed by atoms with E-state index in [1.165, 1.54) is 56.4 Å². The van der Waals surface area contributed by atoms with Crippen molar-refractivity contribution in [2.45, 2.75) is 27.7 Å². The van der Waals surface area contributed by atoms with Crippen LogP contribution in [0, 0.1) is 6.92 Å². The van der Waals surface area contributed by atoms with E-state index in [-0.39, 0.29) is 23.0 Å². The third kappa shape index (κ3) is 34.8. The molecular formula is C99H90B6O17P5+. The Morgan fingerprint density at radius 2 is 0.701 bits per heavy atom. The summed E-state index contributed by atoms with van der Waals surface area (Å²) < 4.78 is 36.6. The van der Waals surface area contributed by atoms with E-state index in [0.29, 0.717) is 22.4 Å². The fraction of sp³-hybridized carbons (Fsp3) is 0.0505. The van der Waals surface area contributed by atoms with Gasteiger partial charge in [-0.3, -0.25) is 0 Å². The van der Waals surface area contributed by atoms with E-state index < -0.39 is 48.2 Å². The molecule has 127 heavy (non-hydrogen) atoms. The number of aromatic hydroxyl groups is 1. The lowest BCUT2D eigenvalue weighted by atomic mass is 10.0. The number of carboxylic acid groups (broad SMARTS) is 2. The van der Waals surface area contributed by atoms with Crippen molar-refractivity contribution in [3.63, 3.8) is 0 Å². The molecule has 0 spiro atoms. The maximum Gasteiger partial charge on any atom is 0.660 e. The van der Waals surface area contributed by atoms with Crippen LogP contribution in [0.3, 0.4) is 0 Å². The van der Waals surface area contributed by atoms with Crippen LogP contribution in [0.25, 0.3) is 21.9 Å². The van der Waals surface area contributed by atoms with Crippen molar-refractivity contribution in [3.8, 4) is 39.9 Å². The van der Waals surface area contributed by atoms with E-state index in [1.54, 1.807) is 78.9 Å². The number of aromatic carboxylic acids is 2.